The predicted molar refractivity (Wildman–Crippen MR) is 81.1 cm³/mol. The quantitative estimate of drug-likeness (QED) is 0.785. The van der Waals surface area contributed by atoms with Gasteiger partial charge in [-0.25, -0.2) is 0 Å². The van der Waals surface area contributed by atoms with Crippen molar-refractivity contribution in [3.63, 3.8) is 0 Å². The van der Waals surface area contributed by atoms with Crippen LogP contribution in [0, 0.1) is 6.92 Å². The van der Waals surface area contributed by atoms with Crippen molar-refractivity contribution in [2.24, 2.45) is 0 Å². The highest BCUT2D eigenvalue weighted by Crippen LogP contribution is 2.14. The molecule has 0 aliphatic carbocycles. The van der Waals surface area contributed by atoms with Gasteiger partial charge in [-0.15, -0.1) is 20.4 Å². The molecule has 0 radical (unpaired) electrons. The van der Waals surface area contributed by atoms with Crippen molar-refractivity contribution in [2.75, 3.05) is 0 Å². The lowest BCUT2D eigenvalue weighted by molar-refractivity contribution is -0.137. The van der Waals surface area contributed by atoms with Crippen LogP contribution in [0.4, 0.5) is 0 Å². The van der Waals surface area contributed by atoms with Crippen LogP contribution in [0.25, 0.3) is 11.4 Å². The number of nitrogens with zero attached hydrogens (tertiary/aromatic N) is 4. The van der Waals surface area contributed by atoms with Gasteiger partial charge in [-0.3, -0.25) is 9.59 Å². The summed E-state index contributed by atoms with van der Waals surface area (Å²) in [6, 6.07) is 7.38. The van der Waals surface area contributed by atoms with E-state index in [4.69, 9.17) is 5.11 Å². The van der Waals surface area contributed by atoms with Crippen LogP contribution in [-0.2, 0) is 16.1 Å². The number of carbonyl (C=O) groups excluding carboxylic acids is 1. The number of aryl methyl sites for hydroxylation is 1. The van der Waals surface area contributed by atoms with E-state index in [-0.39, 0.29) is 18.7 Å². The molecule has 0 atom stereocenters. The van der Waals surface area contributed by atoms with E-state index >= 15 is 0 Å². The maximum Gasteiger partial charge on any atom is 0.303 e. The van der Waals surface area contributed by atoms with Gasteiger partial charge in [0.1, 0.15) is 0 Å². The number of rotatable bonds is 7. The second kappa shape index (κ2) is 7.92. The molecule has 1 aromatic carbocycles. The van der Waals surface area contributed by atoms with E-state index in [0.717, 1.165) is 11.1 Å². The van der Waals surface area contributed by atoms with E-state index in [0.29, 0.717) is 24.6 Å². The maximum atomic E-state index is 11.6. The summed E-state index contributed by atoms with van der Waals surface area (Å²) in [7, 11) is 0. The minimum atomic E-state index is -0.893. The lowest BCUT2D eigenvalue weighted by Gasteiger charge is -2.06. The molecule has 2 rings (SSSR count). The first-order valence-corrected chi connectivity index (χ1v) is 7.16. The third-order valence-electron chi connectivity index (χ3n) is 3.08. The number of hydrogen-bond donors (Lipinski definition) is 2. The van der Waals surface area contributed by atoms with E-state index < -0.39 is 5.97 Å². The summed E-state index contributed by atoms with van der Waals surface area (Å²) in [5.41, 5.74) is 1.72. The molecule has 1 aromatic heterocycles. The number of benzene rings is 1. The number of carboxylic acids is 1. The summed E-state index contributed by atoms with van der Waals surface area (Å²) in [5.74, 6) is -0.0999. The summed E-state index contributed by atoms with van der Waals surface area (Å²) >= 11 is 0. The Kier molecular flexibility index (Phi) is 5.67. The Labute approximate surface area is 133 Å². The van der Waals surface area contributed by atoms with Gasteiger partial charge in [0.2, 0.25) is 11.7 Å². The van der Waals surface area contributed by atoms with Crippen LogP contribution < -0.4 is 5.32 Å². The maximum absolute atomic E-state index is 11.6. The number of aromatic nitrogens is 4. The Bertz CT molecular complexity index is 671. The smallest absolute Gasteiger partial charge is 0.303 e. The molecule has 0 saturated carbocycles. The highest BCUT2D eigenvalue weighted by molar-refractivity contribution is 5.76. The van der Waals surface area contributed by atoms with Crippen molar-refractivity contribution in [1.29, 1.82) is 0 Å². The molecule has 1 amide bonds. The third kappa shape index (κ3) is 5.42. The van der Waals surface area contributed by atoms with Gasteiger partial charge in [0.15, 0.2) is 5.82 Å². The zero-order valence-electron chi connectivity index (χ0n) is 12.7. The second-order valence-electron chi connectivity index (χ2n) is 4.99. The van der Waals surface area contributed by atoms with E-state index in [1.54, 1.807) is 6.92 Å². The van der Waals surface area contributed by atoms with E-state index in [1.165, 1.54) is 0 Å². The van der Waals surface area contributed by atoms with Crippen LogP contribution in [0.5, 0.6) is 0 Å². The molecular formula is C15H17N5O3. The number of carboxylic acid groups (broad SMARTS) is 1. The van der Waals surface area contributed by atoms with Gasteiger partial charge >= 0.3 is 5.97 Å². The van der Waals surface area contributed by atoms with Gasteiger partial charge < -0.3 is 10.4 Å². The molecule has 0 unspecified atom stereocenters. The van der Waals surface area contributed by atoms with E-state index in [9.17, 15) is 9.59 Å². The number of hydrogen-bond acceptors (Lipinski definition) is 6. The molecule has 0 aliphatic heterocycles. The van der Waals surface area contributed by atoms with Crippen LogP contribution in [0.2, 0.25) is 0 Å². The lowest BCUT2D eigenvalue weighted by Crippen LogP contribution is -2.22. The zero-order chi connectivity index (χ0) is 16.7. The van der Waals surface area contributed by atoms with Gasteiger partial charge in [-0.1, -0.05) is 24.3 Å². The Hall–Kier alpha value is -2.90. The van der Waals surface area contributed by atoms with Crippen LogP contribution in [0.1, 0.15) is 30.7 Å². The molecule has 0 spiro atoms. The minimum absolute atomic E-state index is 0.000732. The molecule has 0 saturated heterocycles. The first-order valence-electron chi connectivity index (χ1n) is 7.16. The van der Waals surface area contributed by atoms with Crippen molar-refractivity contribution < 1.29 is 14.7 Å². The second-order valence-corrected chi connectivity index (χ2v) is 4.99. The number of amides is 1. The zero-order valence-corrected chi connectivity index (χ0v) is 12.7. The SMILES string of the molecule is Cc1nnc(-c2ccc(CNC(=O)CCCC(=O)O)cc2)nn1. The number of nitrogens with one attached hydrogen (secondary N) is 1. The van der Waals surface area contributed by atoms with Gasteiger partial charge in [-0.2, -0.15) is 0 Å². The molecule has 120 valence electrons. The lowest BCUT2D eigenvalue weighted by atomic mass is 10.1. The van der Waals surface area contributed by atoms with Crippen molar-refractivity contribution in [3.05, 3.63) is 35.7 Å². The van der Waals surface area contributed by atoms with Gasteiger partial charge in [0.25, 0.3) is 0 Å². The Balaban J connectivity index is 1.84. The first kappa shape index (κ1) is 16.5. The van der Waals surface area contributed by atoms with Gasteiger partial charge in [0.05, 0.1) is 0 Å². The van der Waals surface area contributed by atoms with Crippen molar-refractivity contribution >= 4 is 11.9 Å². The fourth-order valence-corrected chi connectivity index (χ4v) is 1.86. The van der Waals surface area contributed by atoms with Gasteiger partial charge in [0, 0.05) is 24.9 Å². The largest absolute Gasteiger partial charge is 0.481 e. The van der Waals surface area contributed by atoms with Gasteiger partial charge in [-0.05, 0) is 18.9 Å². The molecule has 0 bridgehead atoms. The van der Waals surface area contributed by atoms with E-state index in [1.807, 2.05) is 24.3 Å². The monoisotopic (exact) mass is 315 g/mol. The Morgan fingerprint density at radius 1 is 1.04 bits per heavy atom. The van der Waals surface area contributed by atoms with Crippen LogP contribution in [0.15, 0.2) is 24.3 Å². The predicted octanol–water partition coefficient (Wildman–Crippen LogP) is 1.11. The van der Waals surface area contributed by atoms with Crippen molar-refractivity contribution in [2.45, 2.75) is 32.7 Å². The highest BCUT2D eigenvalue weighted by Gasteiger charge is 2.05. The number of aliphatic carboxylic acids is 1. The normalized spacial score (nSPS) is 10.3. The Morgan fingerprint density at radius 3 is 2.30 bits per heavy atom. The molecule has 2 aromatic rings. The fraction of sp³-hybridized carbons (Fsp3) is 0.333. The average Bonchev–Trinajstić information content (AvgIpc) is 2.54. The summed E-state index contributed by atoms with van der Waals surface area (Å²) in [6.45, 7) is 2.10. The summed E-state index contributed by atoms with van der Waals surface area (Å²) in [6.07, 6.45) is 0.546. The molecule has 0 fully saturated rings. The minimum Gasteiger partial charge on any atom is -0.481 e. The topological polar surface area (TPSA) is 118 Å². The Morgan fingerprint density at radius 2 is 1.70 bits per heavy atom. The average molecular weight is 315 g/mol. The molecule has 0 aliphatic rings. The van der Waals surface area contributed by atoms with Crippen LogP contribution >= 0.6 is 0 Å². The van der Waals surface area contributed by atoms with Crippen molar-refractivity contribution in [1.82, 2.24) is 25.7 Å². The molecule has 23 heavy (non-hydrogen) atoms. The summed E-state index contributed by atoms with van der Waals surface area (Å²) in [4.78, 5) is 22.0. The first-order chi connectivity index (χ1) is 11.0. The van der Waals surface area contributed by atoms with E-state index in [2.05, 4.69) is 25.7 Å². The van der Waals surface area contributed by atoms with Crippen LogP contribution in [-0.4, -0.2) is 37.4 Å². The molecule has 8 nitrogen and oxygen atoms in total. The highest BCUT2D eigenvalue weighted by atomic mass is 16.4. The fourth-order valence-electron chi connectivity index (χ4n) is 1.86. The van der Waals surface area contributed by atoms with Crippen LogP contribution in [0.3, 0.4) is 0 Å². The summed E-state index contributed by atoms with van der Waals surface area (Å²) < 4.78 is 0. The molecule has 2 N–H and O–H groups in total. The number of carbonyl (C=O) groups is 2. The molecule has 1 heterocycles. The third-order valence-corrected chi connectivity index (χ3v) is 3.08. The standard InChI is InChI=1S/C15H17N5O3/c1-10-17-19-15(20-18-10)12-7-5-11(6-8-12)9-16-13(21)3-2-4-14(22)23/h5-8H,2-4,9H2,1H3,(H,16,21)(H,22,23). The molecule has 8 heteroatoms. The molecular weight excluding hydrogens is 298 g/mol. The van der Waals surface area contributed by atoms with Crippen molar-refractivity contribution in [3.8, 4) is 11.4 Å². The summed E-state index contributed by atoms with van der Waals surface area (Å²) in [5, 5.41) is 26.9.